The molecule has 5 nitrogen and oxygen atoms in total. The van der Waals surface area contributed by atoms with Crippen molar-refractivity contribution in [1.29, 1.82) is 0 Å². The number of hydrogen-bond donors (Lipinski definition) is 1. The number of fused-ring (bicyclic) bond motifs is 1. The summed E-state index contributed by atoms with van der Waals surface area (Å²) >= 11 is 0. The third-order valence-electron chi connectivity index (χ3n) is 6.71. The standard InChI is InChI=1S/C25H33N3O2/c1-2-21-6-9-23(18-24(21)25(3-1)28-12-10-26-11-13-28)30-19-20-4-7-22(8-5-20)27-14-16-29-17-15-27/h4-9,18,25-26H,1-3,10-17,19H2. The smallest absolute Gasteiger partial charge is 0.120 e. The fourth-order valence-corrected chi connectivity index (χ4v) is 5.01. The van der Waals surface area contributed by atoms with Crippen LogP contribution in [0.1, 0.15) is 35.6 Å². The summed E-state index contributed by atoms with van der Waals surface area (Å²) in [4.78, 5) is 5.04. The van der Waals surface area contributed by atoms with E-state index in [0.717, 1.165) is 58.2 Å². The molecule has 0 saturated carbocycles. The summed E-state index contributed by atoms with van der Waals surface area (Å²) in [6.07, 6.45) is 3.75. The second-order valence-corrected chi connectivity index (χ2v) is 8.61. The average Bonchev–Trinajstić information content (AvgIpc) is 2.84. The molecule has 30 heavy (non-hydrogen) atoms. The van der Waals surface area contributed by atoms with Crippen LogP contribution in [0.5, 0.6) is 5.75 Å². The van der Waals surface area contributed by atoms with E-state index in [2.05, 4.69) is 57.6 Å². The molecule has 2 aliphatic heterocycles. The van der Waals surface area contributed by atoms with Crippen molar-refractivity contribution in [3.8, 4) is 5.75 Å². The van der Waals surface area contributed by atoms with Crippen LogP contribution in [-0.2, 0) is 17.8 Å². The lowest BCUT2D eigenvalue weighted by Gasteiger charge is -2.38. The van der Waals surface area contributed by atoms with E-state index in [1.54, 1.807) is 0 Å². The summed E-state index contributed by atoms with van der Waals surface area (Å²) < 4.78 is 11.7. The maximum absolute atomic E-state index is 6.21. The minimum atomic E-state index is 0.548. The summed E-state index contributed by atoms with van der Waals surface area (Å²) in [5.74, 6) is 0.994. The van der Waals surface area contributed by atoms with Gasteiger partial charge in [-0.25, -0.2) is 0 Å². The van der Waals surface area contributed by atoms with Crippen LogP contribution in [0.4, 0.5) is 5.69 Å². The molecular weight excluding hydrogens is 374 g/mol. The van der Waals surface area contributed by atoms with E-state index < -0.39 is 0 Å². The molecule has 1 N–H and O–H groups in total. The second-order valence-electron chi connectivity index (χ2n) is 8.61. The summed E-state index contributed by atoms with van der Waals surface area (Å²) in [6, 6.07) is 16.1. The Morgan fingerprint density at radius 2 is 1.77 bits per heavy atom. The minimum absolute atomic E-state index is 0.548. The van der Waals surface area contributed by atoms with Gasteiger partial charge in [0.2, 0.25) is 0 Å². The maximum atomic E-state index is 6.21. The number of rotatable bonds is 5. The van der Waals surface area contributed by atoms with Crippen molar-refractivity contribution < 1.29 is 9.47 Å². The lowest BCUT2D eigenvalue weighted by molar-refractivity contribution is 0.122. The molecule has 2 aromatic rings. The number of ether oxygens (including phenoxy) is 2. The van der Waals surface area contributed by atoms with Crippen LogP contribution in [0.15, 0.2) is 42.5 Å². The Kier molecular flexibility index (Phi) is 6.21. The normalized spacial score (nSPS) is 22.5. The van der Waals surface area contributed by atoms with Crippen molar-refractivity contribution >= 4 is 5.69 Å². The number of aryl methyl sites for hydroxylation is 1. The van der Waals surface area contributed by atoms with Gasteiger partial charge in [-0.05, 0) is 60.2 Å². The largest absolute Gasteiger partial charge is 0.489 e. The van der Waals surface area contributed by atoms with Crippen molar-refractivity contribution in [2.75, 3.05) is 57.4 Å². The number of anilines is 1. The molecule has 2 fully saturated rings. The Hall–Kier alpha value is -2.08. The zero-order chi connectivity index (χ0) is 20.2. The van der Waals surface area contributed by atoms with Gasteiger partial charge in [-0.15, -0.1) is 0 Å². The first-order chi connectivity index (χ1) is 14.9. The number of nitrogens with zero attached hydrogens (tertiary/aromatic N) is 2. The van der Waals surface area contributed by atoms with Crippen LogP contribution in [-0.4, -0.2) is 57.4 Å². The highest BCUT2D eigenvalue weighted by Crippen LogP contribution is 2.36. The SMILES string of the molecule is c1cc(N2CCOCC2)ccc1COc1ccc2c(c1)C(N1CCNCC1)CCC2. The molecule has 2 saturated heterocycles. The molecule has 5 rings (SSSR count). The van der Waals surface area contributed by atoms with Crippen LogP contribution >= 0.6 is 0 Å². The fourth-order valence-electron chi connectivity index (χ4n) is 5.01. The number of morpholine rings is 1. The maximum Gasteiger partial charge on any atom is 0.120 e. The predicted molar refractivity (Wildman–Crippen MR) is 120 cm³/mol. The monoisotopic (exact) mass is 407 g/mol. The average molecular weight is 408 g/mol. The highest BCUT2D eigenvalue weighted by molar-refractivity contribution is 5.48. The highest BCUT2D eigenvalue weighted by atomic mass is 16.5. The van der Waals surface area contributed by atoms with E-state index in [-0.39, 0.29) is 0 Å². The molecule has 160 valence electrons. The van der Waals surface area contributed by atoms with E-state index >= 15 is 0 Å². The van der Waals surface area contributed by atoms with Gasteiger partial charge in [-0.3, -0.25) is 4.90 Å². The Morgan fingerprint density at radius 1 is 0.967 bits per heavy atom. The second kappa shape index (κ2) is 9.38. The van der Waals surface area contributed by atoms with Gasteiger partial charge < -0.3 is 19.7 Å². The van der Waals surface area contributed by atoms with Crippen molar-refractivity contribution in [1.82, 2.24) is 10.2 Å². The van der Waals surface area contributed by atoms with Crippen molar-refractivity contribution in [3.63, 3.8) is 0 Å². The van der Waals surface area contributed by atoms with Crippen molar-refractivity contribution in [2.45, 2.75) is 31.9 Å². The van der Waals surface area contributed by atoms with Crippen molar-refractivity contribution in [2.24, 2.45) is 0 Å². The van der Waals surface area contributed by atoms with E-state index in [4.69, 9.17) is 9.47 Å². The molecular formula is C25H33N3O2. The molecule has 2 aromatic carbocycles. The summed E-state index contributed by atoms with van der Waals surface area (Å²) in [5, 5.41) is 3.48. The van der Waals surface area contributed by atoms with Gasteiger partial charge in [0.25, 0.3) is 0 Å². The lowest BCUT2D eigenvalue weighted by atomic mass is 9.86. The summed E-state index contributed by atoms with van der Waals surface area (Å²) in [5.41, 5.74) is 5.48. The highest BCUT2D eigenvalue weighted by Gasteiger charge is 2.27. The molecule has 2 heterocycles. The van der Waals surface area contributed by atoms with E-state index in [1.165, 1.54) is 41.6 Å². The molecule has 0 radical (unpaired) electrons. The van der Waals surface area contributed by atoms with Crippen molar-refractivity contribution in [3.05, 3.63) is 59.2 Å². The summed E-state index contributed by atoms with van der Waals surface area (Å²) in [6.45, 7) is 8.68. The Balaban J connectivity index is 1.24. The van der Waals surface area contributed by atoms with Gasteiger partial charge in [0.1, 0.15) is 12.4 Å². The molecule has 0 aromatic heterocycles. The van der Waals surface area contributed by atoms with Crippen LogP contribution < -0.4 is 15.0 Å². The van der Waals surface area contributed by atoms with Gasteiger partial charge in [-0.2, -0.15) is 0 Å². The zero-order valence-corrected chi connectivity index (χ0v) is 17.8. The first-order valence-corrected chi connectivity index (χ1v) is 11.5. The number of benzene rings is 2. The van der Waals surface area contributed by atoms with Crippen LogP contribution in [0.2, 0.25) is 0 Å². The zero-order valence-electron chi connectivity index (χ0n) is 17.8. The third-order valence-corrected chi connectivity index (χ3v) is 6.71. The van der Waals surface area contributed by atoms with E-state index in [1.807, 2.05) is 0 Å². The van der Waals surface area contributed by atoms with Gasteiger partial charge in [-0.1, -0.05) is 18.2 Å². The number of nitrogens with one attached hydrogen (secondary N) is 1. The summed E-state index contributed by atoms with van der Waals surface area (Å²) in [7, 11) is 0. The Bertz CT molecular complexity index is 827. The van der Waals surface area contributed by atoms with E-state index in [0.29, 0.717) is 12.6 Å². The van der Waals surface area contributed by atoms with Crippen LogP contribution in [0.25, 0.3) is 0 Å². The molecule has 0 spiro atoms. The van der Waals surface area contributed by atoms with Crippen LogP contribution in [0.3, 0.4) is 0 Å². The molecule has 0 amide bonds. The third kappa shape index (κ3) is 4.48. The Labute approximate surface area is 180 Å². The minimum Gasteiger partial charge on any atom is -0.489 e. The van der Waals surface area contributed by atoms with Gasteiger partial charge in [0.05, 0.1) is 13.2 Å². The van der Waals surface area contributed by atoms with E-state index in [9.17, 15) is 0 Å². The van der Waals surface area contributed by atoms with Gasteiger partial charge in [0.15, 0.2) is 0 Å². The molecule has 1 atom stereocenters. The molecule has 1 unspecified atom stereocenters. The Morgan fingerprint density at radius 3 is 2.57 bits per heavy atom. The first kappa shape index (κ1) is 19.9. The lowest BCUT2D eigenvalue weighted by Crippen LogP contribution is -2.45. The van der Waals surface area contributed by atoms with Gasteiger partial charge >= 0.3 is 0 Å². The quantitative estimate of drug-likeness (QED) is 0.822. The first-order valence-electron chi connectivity index (χ1n) is 11.5. The molecule has 0 bridgehead atoms. The van der Waals surface area contributed by atoms with Crippen LogP contribution in [0, 0.1) is 0 Å². The molecule has 5 heteroatoms. The fraction of sp³-hybridized carbons (Fsp3) is 0.520. The number of hydrogen-bond acceptors (Lipinski definition) is 5. The molecule has 1 aliphatic carbocycles. The van der Waals surface area contributed by atoms with Gasteiger partial charge in [0, 0.05) is 51.0 Å². The topological polar surface area (TPSA) is 37.0 Å². The molecule has 3 aliphatic rings. The number of piperazine rings is 1. The predicted octanol–water partition coefficient (Wildman–Crippen LogP) is 3.38.